The van der Waals surface area contributed by atoms with E-state index in [0.29, 0.717) is 24.3 Å². The Kier molecular flexibility index (Phi) is 6.31. The highest BCUT2D eigenvalue weighted by molar-refractivity contribution is 7.92. The molecule has 0 unspecified atom stereocenters. The molecule has 0 aliphatic heterocycles. The van der Waals surface area contributed by atoms with Crippen molar-refractivity contribution in [1.29, 1.82) is 0 Å². The average Bonchev–Trinajstić information content (AvgIpc) is 2.62. The van der Waals surface area contributed by atoms with E-state index < -0.39 is 10.0 Å². The molecule has 146 valence electrons. The van der Waals surface area contributed by atoms with Crippen LogP contribution in [0.15, 0.2) is 53.4 Å². The number of rotatable bonds is 6. The van der Waals surface area contributed by atoms with Crippen LogP contribution in [-0.2, 0) is 15.4 Å². The second-order valence-electron chi connectivity index (χ2n) is 7.43. The number of hydrogen-bond acceptors (Lipinski definition) is 3. The van der Waals surface area contributed by atoms with Crippen molar-refractivity contribution in [3.8, 4) is 0 Å². The minimum Gasteiger partial charge on any atom is -0.339 e. The van der Waals surface area contributed by atoms with Crippen LogP contribution >= 0.6 is 0 Å². The highest BCUT2D eigenvalue weighted by Gasteiger charge is 2.18. The fraction of sp³-hybridized carbons (Fsp3) is 0.381. The Hall–Kier alpha value is -2.34. The fourth-order valence-corrected chi connectivity index (χ4v) is 3.78. The van der Waals surface area contributed by atoms with Crippen molar-refractivity contribution in [3.63, 3.8) is 0 Å². The van der Waals surface area contributed by atoms with Gasteiger partial charge < -0.3 is 4.90 Å². The molecule has 2 aromatic carbocycles. The Bertz CT molecular complexity index is 877. The van der Waals surface area contributed by atoms with Gasteiger partial charge in [-0.25, -0.2) is 8.42 Å². The molecule has 0 aliphatic rings. The SMILES string of the molecule is CCN(CC)C(=O)c1ccc(S(=O)(=O)Nc2ccc(C(C)(C)C)cc2)cc1. The molecule has 0 radical (unpaired) electrons. The van der Waals surface area contributed by atoms with Crippen LogP contribution in [0.25, 0.3) is 0 Å². The highest BCUT2D eigenvalue weighted by Crippen LogP contribution is 2.24. The van der Waals surface area contributed by atoms with Gasteiger partial charge in [0.15, 0.2) is 0 Å². The molecule has 2 aromatic rings. The standard InChI is InChI=1S/C21H28N2O3S/c1-6-23(7-2)20(24)16-8-14-19(15-9-16)27(25,26)22-18-12-10-17(11-13-18)21(3,4)5/h8-15,22H,6-7H2,1-5H3. The van der Waals surface area contributed by atoms with E-state index in [4.69, 9.17) is 0 Å². The van der Waals surface area contributed by atoms with Gasteiger partial charge in [0.1, 0.15) is 0 Å². The van der Waals surface area contributed by atoms with Gasteiger partial charge in [0.05, 0.1) is 4.90 Å². The summed E-state index contributed by atoms with van der Waals surface area (Å²) >= 11 is 0. The van der Waals surface area contributed by atoms with Gasteiger partial charge >= 0.3 is 0 Å². The fourth-order valence-electron chi connectivity index (χ4n) is 2.72. The van der Waals surface area contributed by atoms with E-state index in [1.165, 1.54) is 12.1 Å². The minimum absolute atomic E-state index is 0.00460. The van der Waals surface area contributed by atoms with Crippen LogP contribution in [0, 0.1) is 0 Å². The van der Waals surface area contributed by atoms with Gasteiger partial charge in [-0.3, -0.25) is 9.52 Å². The smallest absolute Gasteiger partial charge is 0.261 e. The van der Waals surface area contributed by atoms with Gasteiger partial charge in [-0.2, -0.15) is 0 Å². The largest absolute Gasteiger partial charge is 0.339 e. The van der Waals surface area contributed by atoms with Crippen LogP contribution in [0.2, 0.25) is 0 Å². The third kappa shape index (κ3) is 5.10. The lowest BCUT2D eigenvalue weighted by atomic mass is 9.87. The number of hydrogen-bond donors (Lipinski definition) is 1. The molecule has 0 aliphatic carbocycles. The number of carbonyl (C=O) groups is 1. The zero-order chi connectivity index (χ0) is 20.2. The number of amides is 1. The molecule has 0 bridgehead atoms. The van der Waals surface area contributed by atoms with Crippen LogP contribution in [0.3, 0.4) is 0 Å². The first kappa shape index (κ1) is 21.0. The molecule has 0 aromatic heterocycles. The van der Waals surface area contributed by atoms with Crippen molar-refractivity contribution in [1.82, 2.24) is 4.90 Å². The van der Waals surface area contributed by atoms with E-state index in [-0.39, 0.29) is 16.2 Å². The summed E-state index contributed by atoms with van der Waals surface area (Å²) in [7, 11) is -3.71. The lowest BCUT2D eigenvalue weighted by molar-refractivity contribution is 0.0773. The van der Waals surface area contributed by atoms with Crippen molar-refractivity contribution in [3.05, 3.63) is 59.7 Å². The van der Waals surface area contributed by atoms with Crippen molar-refractivity contribution >= 4 is 21.6 Å². The molecule has 5 nitrogen and oxygen atoms in total. The van der Waals surface area contributed by atoms with Crippen LogP contribution in [0.5, 0.6) is 0 Å². The first-order valence-corrected chi connectivity index (χ1v) is 10.6. The molecule has 0 atom stereocenters. The molecule has 1 N–H and O–H groups in total. The van der Waals surface area contributed by atoms with Crippen LogP contribution in [-0.4, -0.2) is 32.3 Å². The van der Waals surface area contributed by atoms with Crippen LogP contribution < -0.4 is 4.72 Å². The molecule has 0 saturated carbocycles. The summed E-state index contributed by atoms with van der Waals surface area (Å²) in [4.78, 5) is 14.1. The van der Waals surface area contributed by atoms with Gasteiger partial charge in [0.2, 0.25) is 0 Å². The molecule has 1 amide bonds. The molecular weight excluding hydrogens is 360 g/mol. The Labute approximate surface area is 162 Å². The maximum absolute atomic E-state index is 12.6. The first-order valence-electron chi connectivity index (χ1n) is 9.11. The van der Waals surface area contributed by atoms with Crippen molar-refractivity contribution in [2.75, 3.05) is 17.8 Å². The zero-order valence-electron chi connectivity index (χ0n) is 16.6. The van der Waals surface area contributed by atoms with E-state index in [0.717, 1.165) is 5.56 Å². The molecule has 0 heterocycles. The van der Waals surface area contributed by atoms with E-state index >= 15 is 0 Å². The molecule has 27 heavy (non-hydrogen) atoms. The number of carbonyl (C=O) groups excluding carboxylic acids is 1. The monoisotopic (exact) mass is 388 g/mol. The summed E-state index contributed by atoms with van der Waals surface area (Å²) in [6.45, 7) is 11.4. The topological polar surface area (TPSA) is 66.5 Å². The highest BCUT2D eigenvalue weighted by atomic mass is 32.2. The first-order chi connectivity index (χ1) is 12.6. The normalized spacial score (nSPS) is 11.9. The summed E-state index contributed by atoms with van der Waals surface area (Å²) in [5.41, 5.74) is 2.12. The number of benzene rings is 2. The van der Waals surface area contributed by atoms with Gasteiger partial charge in [-0.05, 0) is 61.2 Å². The zero-order valence-corrected chi connectivity index (χ0v) is 17.4. The minimum atomic E-state index is -3.71. The Morgan fingerprint density at radius 2 is 1.44 bits per heavy atom. The molecule has 0 spiro atoms. The van der Waals surface area contributed by atoms with E-state index in [9.17, 15) is 13.2 Å². The Balaban J connectivity index is 2.18. The predicted molar refractivity (Wildman–Crippen MR) is 110 cm³/mol. The van der Waals surface area contributed by atoms with Gasteiger partial charge in [0, 0.05) is 24.3 Å². The molecular formula is C21H28N2O3S. The van der Waals surface area contributed by atoms with Gasteiger partial charge in [0.25, 0.3) is 15.9 Å². The van der Waals surface area contributed by atoms with Crippen molar-refractivity contribution in [2.24, 2.45) is 0 Å². The Morgan fingerprint density at radius 1 is 0.926 bits per heavy atom. The molecule has 2 rings (SSSR count). The summed E-state index contributed by atoms with van der Waals surface area (Å²) in [6.07, 6.45) is 0. The second kappa shape index (κ2) is 8.13. The van der Waals surface area contributed by atoms with Crippen LogP contribution in [0.1, 0.15) is 50.5 Å². The average molecular weight is 389 g/mol. The summed E-state index contributed by atoms with van der Waals surface area (Å²) in [6, 6.07) is 13.4. The predicted octanol–water partition coefficient (Wildman–Crippen LogP) is 4.27. The molecule has 0 saturated heterocycles. The maximum Gasteiger partial charge on any atom is 0.261 e. The van der Waals surface area contributed by atoms with E-state index in [2.05, 4.69) is 25.5 Å². The quantitative estimate of drug-likeness (QED) is 0.804. The third-order valence-corrected chi connectivity index (χ3v) is 5.86. The molecule has 6 heteroatoms. The van der Waals surface area contributed by atoms with E-state index in [1.54, 1.807) is 29.2 Å². The number of nitrogens with one attached hydrogen (secondary N) is 1. The third-order valence-electron chi connectivity index (χ3n) is 4.47. The molecule has 0 fully saturated rings. The number of anilines is 1. The summed E-state index contributed by atoms with van der Waals surface area (Å²) in [5, 5.41) is 0. The van der Waals surface area contributed by atoms with Crippen molar-refractivity contribution in [2.45, 2.75) is 44.9 Å². The summed E-state index contributed by atoms with van der Waals surface area (Å²) < 4.78 is 27.8. The van der Waals surface area contributed by atoms with Crippen molar-refractivity contribution < 1.29 is 13.2 Å². The van der Waals surface area contributed by atoms with Crippen LogP contribution in [0.4, 0.5) is 5.69 Å². The number of nitrogens with zero attached hydrogens (tertiary/aromatic N) is 1. The maximum atomic E-state index is 12.6. The lowest BCUT2D eigenvalue weighted by Crippen LogP contribution is -2.30. The Morgan fingerprint density at radius 3 is 1.89 bits per heavy atom. The van der Waals surface area contributed by atoms with Gasteiger partial charge in [-0.15, -0.1) is 0 Å². The van der Waals surface area contributed by atoms with E-state index in [1.807, 2.05) is 26.0 Å². The summed E-state index contributed by atoms with van der Waals surface area (Å²) in [5.74, 6) is -0.102. The lowest BCUT2D eigenvalue weighted by Gasteiger charge is -2.19. The van der Waals surface area contributed by atoms with Gasteiger partial charge in [-0.1, -0.05) is 32.9 Å². The second-order valence-corrected chi connectivity index (χ2v) is 9.12. The number of sulfonamides is 1.